The van der Waals surface area contributed by atoms with Gasteiger partial charge in [0.15, 0.2) is 0 Å². The van der Waals surface area contributed by atoms with Gasteiger partial charge in [0, 0.05) is 0 Å². The van der Waals surface area contributed by atoms with Gasteiger partial charge in [-0.05, 0) is 0 Å². The summed E-state index contributed by atoms with van der Waals surface area (Å²) in [5, 5.41) is 0. The second-order valence-electron chi connectivity index (χ2n) is 3.13. The molecule has 1 fully saturated rings. The van der Waals surface area contributed by atoms with Gasteiger partial charge in [0.05, 0.1) is 0 Å². The molecule has 0 aliphatic carbocycles. The minimum absolute atomic E-state index is 1.68. The van der Waals surface area contributed by atoms with E-state index in [1.165, 1.54) is 0 Å². The molecule has 0 N–H and O–H groups in total. The molecule has 0 aromatic heterocycles. The Bertz CT molecular complexity index is 175. The molecule has 6 nitrogen and oxygen atoms in total. The molecule has 108 valence electrons. The average molecular weight is 636 g/mol. The molecule has 1 aliphatic heterocycles. The summed E-state index contributed by atoms with van der Waals surface area (Å²) >= 11 is -10.1. The summed E-state index contributed by atoms with van der Waals surface area (Å²) in [5.74, 6) is 0. The first-order chi connectivity index (χ1) is 8.36. The van der Waals surface area contributed by atoms with E-state index in [4.69, 9.17) is 16.3 Å². The van der Waals surface area contributed by atoms with Crippen LogP contribution < -0.4 is 0 Å². The van der Waals surface area contributed by atoms with Gasteiger partial charge in [0.2, 0.25) is 0 Å². The van der Waals surface area contributed by atoms with Crippen molar-refractivity contribution in [2.75, 3.05) is 0 Å². The fourth-order valence-electron chi connectivity index (χ4n) is 1.06. The van der Waals surface area contributed by atoms with Crippen LogP contribution in [0.2, 0.25) is 34.3 Å². The van der Waals surface area contributed by atoms with Gasteiger partial charge in [0.1, 0.15) is 0 Å². The second kappa shape index (κ2) is 9.99. The van der Waals surface area contributed by atoms with E-state index in [0.29, 0.717) is 0 Å². The molecular weight excluding hydrogens is 618 g/mol. The summed E-state index contributed by atoms with van der Waals surface area (Å²) in [5.41, 5.74) is 12.3. The molecule has 0 atom stereocenters. The molecule has 1 saturated heterocycles. The van der Waals surface area contributed by atoms with Crippen molar-refractivity contribution in [2.24, 2.45) is 0 Å². The Morgan fingerprint density at radius 1 is 0.333 bits per heavy atom. The topological polar surface area (TPSA) is 55.4 Å². The Balaban J connectivity index is 2.60. The van der Waals surface area contributed by atoms with Crippen molar-refractivity contribution in [1.29, 1.82) is 0 Å². The third-order valence-corrected chi connectivity index (χ3v) is 37.3. The van der Waals surface area contributed by atoms with Gasteiger partial charge in [0.25, 0.3) is 0 Å². The van der Waals surface area contributed by atoms with Crippen LogP contribution in [0.4, 0.5) is 0 Å². The maximum absolute atomic E-state index is 5.89. The van der Waals surface area contributed by atoms with Crippen LogP contribution in [-0.4, -0.2) is 92.0 Å². The molecule has 0 aromatic carbocycles. The van der Waals surface area contributed by atoms with Crippen molar-refractivity contribution < 1.29 is 16.3 Å². The molecule has 1 aliphatic rings. The van der Waals surface area contributed by atoms with E-state index < -0.39 is 92.0 Å². The van der Waals surface area contributed by atoms with Crippen molar-refractivity contribution in [1.82, 2.24) is 0 Å². The van der Waals surface area contributed by atoms with E-state index in [1.807, 2.05) is 34.3 Å². The van der Waals surface area contributed by atoms with Crippen LogP contribution in [0.15, 0.2) is 0 Å². The Labute approximate surface area is 141 Å². The minimum atomic E-state index is -1.68. The predicted molar refractivity (Wildman–Crippen MR) is 76.2 cm³/mol. The molecule has 0 radical (unpaired) electrons. The first kappa shape index (κ1) is 19.2. The molecular formula is C6H18As6O6. The molecule has 1 rings (SSSR count). The fraction of sp³-hybridized carbons (Fsp3) is 1.00. The summed E-state index contributed by atoms with van der Waals surface area (Å²) in [6.45, 7) is 0. The van der Waals surface area contributed by atoms with Crippen LogP contribution in [0, 0.1) is 0 Å². The SMILES string of the molecule is C[As]1O[As](C)O[As](C)O[As](C)O[As](C)O[As](C)O1. The normalized spacial score (nSPS) is 45.0. The van der Waals surface area contributed by atoms with E-state index in [9.17, 15) is 0 Å². The molecule has 1 heterocycles. The van der Waals surface area contributed by atoms with Crippen LogP contribution in [0.1, 0.15) is 0 Å². The van der Waals surface area contributed by atoms with Gasteiger partial charge in [-0.2, -0.15) is 0 Å². The molecule has 0 spiro atoms. The van der Waals surface area contributed by atoms with Crippen LogP contribution >= 0.6 is 0 Å². The Hall–Kier alpha value is 3.11. The molecule has 0 unspecified atom stereocenters. The number of hydrogen-bond donors (Lipinski definition) is 0. The van der Waals surface area contributed by atoms with Crippen molar-refractivity contribution in [3.05, 3.63) is 0 Å². The van der Waals surface area contributed by atoms with E-state index in [-0.39, 0.29) is 0 Å². The third kappa shape index (κ3) is 8.53. The summed E-state index contributed by atoms with van der Waals surface area (Å²) in [6, 6.07) is 0. The Morgan fingerprint density at radius 2 is 0.444 bits per heavy atom. The van der Waals surface area contributed by atoms with Crippen LogP contribution in [-0.2, 0) is 16.3 Å². The van der Waals surface area contributed by atoms with E-state index in [0.717, 1.165) is 0 Å². The van der Waals surface area contributed by atoms with Gasteiger partial charge in [-0.1, -0.05) is 0 Å². The summed E-state index contributed by atoms with van der Waals surface area (Å²) in [4.78, 5) is 0. The van der Waals surface area contributed by atoms with Gasteiger partial charge >= 0.3 is 143 Å². The molecule has 0 bridgehead atoms. The van der Waals surface area contributed by atoms with Crippen LogP contribution in [0.25, 0.3) is 0 Å². The Kier molecular flexibility index (Phi) is 10.6. The van der Waals surface area contributed by atoms with Crippen molar-refractivity contribution in [3.8, 4) is 0 Å². The van der Waals surface area contributed by atoms with Gasteiger partial charge in [-0.15, -0.1) is 0 Å². The Morgan fingerprint density at radius 3 is 0.556 bits per heavy atom. The summed E-state index contributed by atoms with van der Waals surface area (Å²) in [6.07, 6.45) is 0. The summed E-state index contributed by atoms with van der Waals surface area (Å²) in [7, 11) is 0. The quantitative estimate of drug-likeness (QED) is 0.368. The molecule has 12 heteroatoms. The van der Waals surface area contributed by atoms with Crippen LogP contribution in [0.5, 0.6) is 0 Å². The molecule has 0 aromatic rings. The zero-order valence-corrected chi connectivity index (χ0v) is 22.4. The van der Waals surface area contributed by atoms with Gasteiger partial charge in [-0.25, -0.2) is 0 Å². The number of rotatable bonds is 0. The van der Waals surface area contributed by atoms with Crippen molar-refractivity contribution >= 4 is 92.0 Å². The zero-order valence-electron chi connectivity index (χ0n) is 11.1. The van der Waals surface area contributed by atoms with Crippen molar-refractivity contribution in [3.63, 3.8) is 0 Å². The van der Waals surface area contributed by atoms with Crippen LogP contribution in [0.3, 0.4) is 0 Å². The zero-order chi connectivity index (χ0) is 13.7. The van der Waals surface area contributed by atoms with Gasteiger partial charge < -0.3 is 0 Å². The molecule has 0 saturated carbocycles. The van der Waals surface area contributed by atoms with E-state index in [1.54, 1.807) is 0 Å². The third-order valence-electron chi connectivity index (χ3n) is 1.38. The average Bonchev–Trinajstić information content (AvgIpc) is 2.12. The van der Waals surface area contributed by atoms with Crippen molar-refractivity contribution in [2.45, 2.75) is 34.3 Å². The molecule has 18 heavy (non-hydrogen) atoms. The first-order valence-electron chi connectivity index (χ1n) is 4.87. The standard InChI is InChI=1S/C6H18As6O6/c1-7-13-8(2)15-10(4)17-12(6)18-11(5)16-9(3)14-7/h1-6H3. The number of hydrogen-bond acceptors (Lipinski definition) is 6. The molecule has 0 amide bonds. The van der Waals surface area contributed by atoms with E-state index >= 15 is 0 Å². The summed E-state index contributed by atoms with van der Waals surface area (Å²) < 4.78 is 35.3. The van der Waals surface area contributed by atoms with E-state index in [2.05, 4.69) is 0 Å². The fourth-order valence-corrected chi connectivity index (χ4v) is 38.8. The van der Waals surface area contributed by atoms with Gasteiger partial charge in [-0.3, -0.25) is 0 Å². The maximum atomic E-state index is 5.89. The monoisotopic (exact) mass is 636 g/mol. The second-order valence-corrected chi connectivity index (χ2v) is 26.9. The predicted octanol–water partition coefficient (Wildman–Crippen LogP) is 0.808. The first-order valence-corrected chi connectivity index (χ1v) is 25.3.